The molecule has 0 saturated heterocycles. The molecule has 5 rings (SSSR count). The van der Waals surface area contributed by atoms with Gasteiger partial charge < -0.3 is 9.30 Å². The van der Waals surface area contributed by atoms with Gasteiger partial charge in [0.1, 0.15) is 18.2 Å². The summed E-state index contributed by atoms with van der Waals surface area (Å²) in [5.41, 5.74) is 5.80. The molecule has 0 aliphatic rings. The maximum Gasteiger partial charge on any atom is 0.128 e. The molecular formula is C30H28N2OS. The minimum atomic E-state index is 0.0668. The van der Waals surface area contributed by atoms with E-state index in [-0.39, 0.29) is 5.25 Å². The van der Waals surface area contributed by atoms with E-state index in [1.165, 1.54) is 16.0 Å². The van der Waals surface area contributed by atoms with Crippen molar-refractivity contribution in [1.82, 2.24) is 9.55 Å². The average Bonchev–Trinajstić information content (AvgIpc) is 3.23. The van der Waals surface area contributed by atoms with Gasteiger partial charge in [0.05, 0.1) is 22.8 Å². The Morgan fingerprint density at radius 3 is 2.29 bits per heavy atom. The highest BCUT2D eigenvalue weighted by molar-refractivity contribution is 7.99. The van der Waals surface area contributed by atoms with Crippen LogP contribution in [0, 0.1) is 13.8 Å². The lowest BCUT2D eigenvalue weighted by Gasteiger charge is -2.19. The van der Waals surface area contributed by atoms with E-state index < -0.39 is 0 Å². The van der Waals surface area contributed by atoms with Crippen LogP contribution in [0.5, 0.6) is 5.75 Å². The van der Waals surface area contributed by atoms with Gasteiger partial charge in [0.25, 0.3) is 0 Å². The second-order valence-electron chi connectivity index (χ2n) is 8.45. The fraction of sp³-hybridized carbons (Fsp3) is 0.167. The lowest BCUT2D eigenvalue weighted by atomic mass is 10.1. The molecule has 170 valence electrons. The predicted octanol–water partition coefficient (Wildman–Crippen LogP) is 7.61. The van der Waals surface area contributed by atoms with Gasteiger partial charge in [-0.15, -0.1) is 11.8 Å². The van der Waals surface area contributed by atoms with Gasteiger partial charge in [-0.05, 0) is 55.3 Å². The van der Waals surface area contributed by atoms with Crippen LogP contribution in [0.1, 0.15) is 27.8 Å². The van der Waals surface area contributed by atoms with Gasteiger partial charge in [0.2, 0.25) is 0 Å². The van der Waals surface area contributed by atoms with Gasteiger partial charge in [0, 0.05) is 4.90 Å². The first-order valence-electron chi connectivity index (χ1n) is 11.6. The lowest BCUT2D eigenvalue weighted by molar-refractivity contribution is 0.296. The Kier molecular flexibility index (Phi) is 6.68. The van der Waals surface area contributed by atoms with E-state index in [9.17, 15) is 0 Å². The Morgan fingerprint density at radius 2 is 1.53 bits per heavy atom. The molecule has 0 saturated carbocycles. The molecule has 1 unspecified atom stereocenters. The van der Waals surface area contributed by atoms with Crippen molar-refractivity contribution in [2.45, 2.75) is 30.5 Å². The normalized spacial score (nSPS) is 12.1. The van der Waals surface area contributed by atoms with E-state index in [1.807, 2.05) is 11.8 Å². The van der Waals surface area contributed by atoms with E-state index in [2.05, 4.69) is 122 Å². The second kappa shape index (κ2) is 10.2. The monoisotopic (exact) mass is 464 g/mol. The van der Waals surface area contributed by atoms with E-state index >= 15 is 0 Å². The fourth-order valence-electron chi connectivity index (χ4n) is 4.27. The highest BCUT2D eigenvalue weighted by atomic mass is 32.2. The van der Waals surface area contributed by atoms with Gasteiger partial charge in [-0.1, -0.05) is 78.4 Å². The lowest BCUT2D eigenvalue weighted by Crippen LogP contribution is -2.14. The number of hydrogen-bond donors (Lipinski definition) is 0. The number of benzene rings is 4. The predicted molar refractivity (Wildman–Crippen MR) is 142 cm³/mol. The molecule has 1 atom stereocenters. The molecule has 0 amide bonds. The minimum absolute atomic E-state index is 0.0668. The van der Waals surface area contributed by atoms with Crippen molar-refractivity contribution < 1.29 is 4.74 Å². The van der Waals surface area contributed by atoms with Crippen molar-refractivity contribution in [1.29, 1.82) is 0 Å². The summed E-state index contributed by atoms with van der Waals surface area (Å²) >= 11 is 1.83. The Labute approximate surface area is 205 Å². The number of hydrogen-bond acceptors (Lipinski definition) is 3. The number of aromatic nitrogens is 2. The van der Waals surface area contributed by atoms with Crippen LogP contribution in [0.3, 0.4) is 0 Å². The first-order valence-corrected chi connectivity index (χ1v) is 12.5. The van der Waals surface area contributed by atoms with Crippen LogP contribution < -0.4 is 4.74 Å². The number of rotatable bonds is 8. The van der Waals surface area contributed by atoms with Crippen LogP contribution in [-0.2, 0) is 6.54 Å². The Balaban J connectivity index is 1.51. The Bertz CT molecular complexity index is 1380. The van der Waals surface area contributed by atoms with Gasteiger partial charge in [0.15, 0.2) is 0 Å². The number of ether oxygens (including phenoxy) is 1. The van der Waals surface area contributed by atoms with E-state index in [4.69, 9.17) is 9.72 Å². The van der Waals surface area contributed by atoms with Gasteiger partial charge >= 0.3 is 0 Å². The van der Waals surface area contributed by atoms with Crippen molar-refractivity contribution in [2.75, 3.05) is 6.61 Å². The highest BCUT2D eigenvalue weighted by Gasteiger charge is 2.23. The molecule has 34 heavy (non-hydrogen) atoms. The molecule has 4 aromatic carbocycles. The summed E-state index contributed by atoms with van der Waals surface area (Å²) in [6.07, 6.45) is 0. The number of fused-ring (bicyclic) bond motifs is 1. The summed E-state index contributed by atoms with van der Waals surface area (Å²) in [6.45, 7) is 5.51. The van der Waals surface area contributed by atoms with Crippen LogP contribution in [0.4, 0.5) is 0 Å². The molecule has 0 fully saturated rings. The van der Waals surface area contributed by atoms with Crippen LogP contribution in [0.25, 0.3) is 11.0 Å². The highest BCUT2D eigenvalue weighted by Crippen LogP contribution is 2.41. The summed E-state index contributed by atoms with van der Waals surface area (Å²) < 4.78 is 8.54. The van der Waals surface area contributed by atoms with Gasteiger partial charge in [-0.2, -0.15) is 0 Å². The van der Waals surface area contributed by atoms with Crippen molar-refractivity contribution in [2.24, 2.45) is 0 Å². The van der Waals surface area contributed by atoms with E-state index in [1.54, 1.807) is 0 Å². The molecule has 3 nitrogen and oxygen atoms in total. The number of para-hydroxylation sites is 2. The molecule has 5 aromatic rings. The van der Waals surface area contributed by atoms with Crippen molar-refractivity contribution in [3.8, 4) is 5.75 Å². The summed E-state index contributed by atoms with van der Waals surface area (Å²) in [5, 5.41) is 0.0668. The Morgan fingerprint density at radius 1 is 0.824 bits per heavy atom. The molecule has 0 bridgehead atoms. The smallest absolute Gasteiger partial charge is 0.128 e. The number of aryl methyl sites for hydroxylation is 2. The molecule has 1 heterocycles. The van der Waals surface area contributed by atoms with Crippen molar-refractivity contribution >= 4 is 22.8 Å². The number of thioether (sulfide) groups is 1. The molecule has 0 aliphatic carbocycles. The number of imidazole rings is 1. The van der Waals surface area contributed by atoms with Crippen LogP contribution >= 0.6 is 11.8 Å². The quantitative estimate of drug-likeness (QED) is 0.221. The third-order valence-electron chi connectivity index (χ3n) is 5.92. The zero-order valence-corrected chi connectivity index (χ0v) is 20.3. The molecular weight excluding hydrogens is 436 g/mol. The average molecular weight is 465 g/mol. The van der Waals surface area contributed by atoms with Crippen molar-refractivity contribution in [3.05, 3.63) is 126 Å². The van der Waals surface area contributed by atoms with E-state index in [0.717, 1.165) is 34.7 Å². The SMILES string of the molecule is Cc1ccc(OCCn2c(C(Sc3ccccc3)c3ccccc3)nc3ccccc32)c(C)c1. The topological polar surface area (TPSA) is 27.1 Å². The van der Waals surface area contributed by atoms with Gasteiger partial charge in [-0.25, -0.2) is 4.98 Å². The standard InChI is InChI=1S/C30H28N2OS/c1-22-17-18-28(23(2)21-22)33-20-19-32-27-16-10-9-15-26(27)31-30(32)29(24-11-5-3-6-12-24)34-25-13-7-4-8-14-25/h3-18,21,29H,19-20H2,1-2H3. The second-order valence-corrected chi connectivity index (χ2v) is 9.63. The molecule has 0 aliphatic heterocycles. The third kappa shape index (κ3) is 4.87. The largest absolute Gasteiger partial charge is 0.491 e. The summed E-state index contributed by atoms with van der Waals surface area (Å²) in [4.78, 5) is 6.35. The third-order valence-corrected chi connectivity index (χ3v) is 7.18. The van der Waals surface area contributed by atoms with E-state index in [0.29, 0.717) is 6.61 Å². The maximum absolute atomic E-state index is 6.22. The zero-order chi connectivity index (χ0) is 23.3. The summed E-state index contributed by atoms with van der Waals surface area (Å²) in [6, 6.07) is 35.9. The van der Waals surface area contributed by atoms with Crippen LogP contribution in [0.15, 0.2) is 108 Å². The number of nitrogens with zero attached hydrogens (tertiary/aromatic N) is 2. The first-order chi connectivity index (χ1) is 16.7. The molecule has 4 heteroatoms. The van der Waals surface area contributed by atoms with Gasteiger partial charge in [-0.3, -0.25) is 0 Å². The zero-order valence-electron chi connectivity index (χ0n) is 19.5. The molecule has 0 N–H and O–H groups in total. The van der Waals surface area contributed by atoms with Crippen LogP contribution in [-0.4, -0.2) is 16.2 Å². The van der Waals surface area contributed by atoms with Crippen LogP contribution in [0.2, 0.25) is 0 Å². The first kappa shape index (κ1) is 22.3. The molecule has 1 aromatic heterocycles. The fourth-order valence-corrected chi connectivity index (χ4v) is 5.44. The van der Waals surface area contributed by atoms with Crippen molar-refractivity contribution in [3.63, 3.8) is 0 Å². The minimum Gasteiger partial charge on any atom is -0.491 e. The summed E-state index contributed by atoms with van der Waals surface area (Å²) in [5.74, 6) is 1.99. The molecule has 0 radical (unpaired) electrons. The molecule has 0 spiro atoms. The maximum atomic E-state index is 6.22. The Hall–Kier alpha value is -3.50. The summed E-state index contributed by atoms with van der Waals surface area (Å²) in [7, 11) is 0.